The third-order valence-electron chi connectivity index (χ3n) is 11.3. The van der Waals surface area contributed by atoms with E-state index in [1.807, 2.05) is 19.6 Å². The number of nitrogens with zero attached hydrogens (tertiary/aromatic N) is 6. The molecule has 4 atom stereocenters. The van der Waals surface area contributed by atoms with E-state index in [4.69, 9.17) is 11.5 Å². The van der Waals surface area contributed by atoms with E-state index in [0.717, 1.165) is 11.4 Å². The Balaban J connectivity index is 0.000000218. The van der Waals surface area contributed by atoms with E-state index in [0.29, 0.717) is 62.5 Å². The van der Waals surface area contributed by atoms with Gasteiger partial charge in [0.1, 0.15) is 23.5 Å². The number of amides is 2. The number of carboxylic acid groups (broad SMARTS) is 4. The summed E-state index contributed by atoms with van der Waals surface area (Å²) in [6.45, 7) is 3.30. The Morgan fingerprint density at radius 2 is 1.01 bits per heavy atom. The molecule has 4 aromatic rings. The van der Waals surface area contributed by atoms with Gasteiger partial charge in [0.25, 0.3) is 22.9 Å². The normalized spacial score (nSPS) is 17.3. The topological polar surface area (TPSA) is 394 Å². The zero-order valence-electron chi connectivity index (χ0n) is 35.5. The van der Waals surface area contributed by atoms with E-state index in [9.17, 15) is 58.8 Å². The molecule has 0 bridgehead atoms. The first kappa shape index (κ1) is 49.1. The molecule has 2 aromatic carbocycles. The van der Waals surface area contributed by atoms with Gasteiger partial charge < -0.3 is 82.3 Å². The minimum atomic E-state index is -1.39. The van der Waals surface area contributed by atoms with Crippen molar-refractivity contribution in [2.45, 2.75) is 49.9 Å². The summed E-state index contributed by atoms with van der Waals surface area (Å²) in [5.74, 6) is -5.72. The number of aliphatic carboxylic acids is 4. The number of nitrogen functional groups attached to an aromatic ring is 2. The molecule has 12 N–H and O–H groups in total. The van der Waals surface area contributed by atoms with Gasteiger partial charge in [-0.05, 0) is 74.2 Å². The second kappa shape index (κ2) is 20.9. The Bertz CT molecular complexity index is 2490. The molecule has 0 spiro atoms. The van der Waals surface area contributed by atoms with Crippen molar-refractivity contribution in [2.75, 3.05) is 81.2 Å². The summed E-state index contributed by atoms with van der Waals surface area (Å²) in [7, 11) is 0. The number of nitrogens with two attached hydrogens (primary N) is 2. The Labute approximate surface area is 408 Å². The number of hydrogen-bond donors (Lipinski definition) is 10. The van der Waals surface area contributed by atoms with Gasteiger partial charge >= 0.3 is 49.7 Å². The van der Waals surface area contributed by atoms with Gasteiger partial charge in [0, 0.05) is 60.6 Å². The third kappa shape index (κ3) is 11.4. The van der Waals surface area contributed by atoms with Crippen LogP contribution in [0.25, 0.3) is 0 Å². The zero-order chi connectivity index (χ0) is 47.4. The Hall–Kier alpha value is -7.32. The van der Waals surface area contributed by atoms with Gasteiger partial charge in [0.05, 0.1) is 25.4 Å². The van der Waals surface area contributed by atoms with E-state index >= 15 is 0 Å². The average molecular weight is 953 g/mol. The van der Waals surface area contributed by atoms with Gasteiger partial charge in [0.2, 0.25) is 11.9 Å². The van der Waals surface area contributed by atoms with Crippen molar-refractivity contribution in [3.05, 3.63) is 80.4 Å². The third-order valence-corrected chi connectivity index (χ3v) is 11.3. The maximum absolute atomic E-state index is 12.4. The predicted molar refractivity (Wildman–Crippen MR) is 237 cm³/mol. The van der Waals surface area contributed by atoms with Crippen LogP contribution < -0.4 is 73.7 Å². The predicted octanol–water partition coefficient (Wildman–Crippen LogP) is -4.09. The van der Waals surface area contributed by atoms with Crippen LogP contribution >= 0.6 is 0 Å². The molecule has 2 saturated heterocycles. The number of aromatic nitrogens is 4. The molecule has 27 heteroatoms. The fourth-order valence-corrected chi connectivity index (χ4v) is 8.00. The maximum atomic E-state index is 12.4. The van der Waals surface area contributed by atoms with Crippen LogP contribution in [0.2, 0.25) is 0 Å². The summed E-state index contributed by atoms with van der Waals surface area (Å²) >= 11 is 0. The summed E-state index contributed by atoms with van der Waals surface area (Å²) < 4.78 is 0. The van der Waals surface area contributed by atoms with Crippen molar-refractivity contribution >= 4 is 120 Å². The summed E-state index contributed by atoms with van der Waals surface area (Å²) in [6.07, 6.45) is -1.51. The fraction of sp³-hybridized carbons (Fsp3) is 0.350. The fourth-order valence-electron chi connectivity index (χ4n) is 8.00. The van der Waals surface area contributed by atoms with Crippen LogP contribution in [0.3, 0.4) is 0 Å². The second-order valence-corrected chi connectivity index (χ2v) is 15.7. The van der Waals surface area contributed by atoms with Crippen LogP contribution in [0.15, 0.2) is 58.1 Å². The summed E-state index contributed by atoms with van der Waals surface area (Å²) in [5.41, 5.74) is 13.5. The van der Waals surface area contributed by atoms with E-state index in [2.05, 4.69) is 41.2 Å². The molecule has 4 aliphatic rings. The molecule has 0 aliphatic carbocycles. The van der Waals surface area contributed by atoms with E-state index in [1.54, 1.807) is 48.5 Å². The molecule has 0 saturated carbocycles. The number of aromatic amines is 2. The minimum Gasteiger partial charge on any atom is -0.550 e. The number of rotatable bonds is 14. The SMILES string of the molecule is Nc1nc2c(c(=O)[nH]1)N1CN(c3ccc(C(=O)N[C@@H](CCC(=O)[O-])C(=O)O)cc3)C[C@H]1CN2.Nc1nc2c(c(=O)[nH]1)N1CN(c3ccc(C(=O)N[C@@H](CCC(=O)[O-])C(=O)O)cc3)C[C@H]1CN2.[Ca+2]. The number of carbonyl (C=O) groups is 6. The van der Waals surface area contributed by atoms with Crippen LogP contribution in [0, 0.1) is 0 Å². The van der Waals surface area contributed by atoms with E-state index in [1.165, 1.54) is 0 Å². The monoisotopic (exact) mass is 952 g/mol. The van der Waals surface area contributed by atoms with E-state index in [-0.39, 0.29) is 96.8 Å². The van der Waals surface area contributed by atoms with Crippen LogP contribution in [0.4, 0.5) is 46.3 Å². The van der Waals surface area contributed by atoms with Crippen LogP contribution in [0.5, 0.6) is 0 Å². The number of nitrogens with one attached hydrogen (secondary N) is 6. The van der Waals surface area contributed by atoms with Crippen molar-refractivity contribution in [2.24, 2.45) is 0 Å². The van der Waals surface area contributed by atoms with Gasteiger partial charge in [-0.2, -0.15) is 9.97 Å². The van der Waals surface area contributed by atoms with Crippen molar-refractivity contribution < 1.29 is 49.2 Å². The van der Waals surface area contributed by atoms with Crippen LogP contribution in [-0.2, 0) is 19.2 Å². The quantitative estimate of drug-likeness (QED) is 0.0537. The van der Waals surface area contributed by atoms with Crippen molar-refractivity contribution in [1.29, 1.82) is 0 Å². The van der Waals surface area contributed by atoms with Crippen molar-refractivity contribution in [3.63, 3.8) is 0 Å². The molecule has 0 radical (unpaired) electrons. The average Bonchev–Trinajstić information content (AvgIpc) is 3.91. The number of fused-ring (bicyclic) bond motifs is 6. The molecule has 6 heterocycles. The number of anilines is 8. The molecule has 4 aliphatic heterocycles. The molecule has 2 aromatic heterocycles. The first-order chi connectivity index (χ1) is 31.4. The maximum Gasteiger partial charge on any atom is 2.00 e. The smallest absolute Gasteiger partial charge is 0.550 e. The van der Waals surface area contributed by atoms with Crippen LogP contribution in [0.1, 0.15) is 46.4 Å². The van der Waals surface area contributed by atoms with Crippen LogP contribution in [-0.4, -0.2) is 167 Å². The molecule has 2 amide bonds. The molecule has 67 heavy (non-hydrogen) atoms. The summed E-state index contributed by atoms with van der Waals surface area (Å²) in [4.78, 5) is 115. The largest absolute Gasteiger partial charge is 2.00 e. The molecular formula is C40H44CaN14O12. The summed E-state index contributed by atoms with van der Waals surface area (Å²) in [6, 6.07) is 10.5. The molecular weight excluding hydrogens is 909 g/mol. The zero-order valence-corrected chi connectivity index (χ0v) is 37.7. The molecule has 26 nitrogen and oxygen atoms in total. The Kier molecular flexibility index (Phi) is 15.3. The van der Waals surface area contributed by atoms with Gasteiger partial charge in [-0.15, -0.1) is 0 Å². The second-order valence-electron chi connectivity index (χ2n) is 15.7. The molecule has 2 fully saturated rings. The Morgan fingerprint density at radius 3 is 1.34 bits per heavy atom. The first-order valence-corrected chi connectivity index (χ1v) is 20.4. The summed E-state index contributed by atoms with van der Waals surface area (Å²) in [5, 5.41) is 50.5. The Morgan fingerprint density at radius 1 is 0.657 bits per heavy atom. The van der Waals surface area contributed by atoms with Gasteiger partial charge in [-0.1, -0.05) is 0 Å². The number of carbonyl (C=O) groups excluding carboxylic acids is 4. The number of H-pyrrole nitrogens is 2. The number of carboxylic acids is 4. The van der Waals surface area contributed by atoms with Gasteiger partial charge in [-0.25, -0.2) is 9.59 Å². The minimum absolute atomic E-state index is 0. The molecule has 348 valence electrons. The van der Waals surface area contributed by atoms with E-state index < -0.39 is 60.6 Å². The van der Waals surface area contributed by atoms with Crippen molar-refractivity contribution in [3.8, 4) is 0 Å². The number of hydrogen-bond acceptors (Lipinski definition) is 20. The van der Waals surface area contributed by atoms with Gasteiger partial charge in [0.15, 0.2) is 11.6 Å². The van der Waals surface area contributed by atoms with Gasteiger partial charge in [-0.3, -0.25) is 29.1 Å². The number of benzene rings is 2. The molecule has 0 unspecified atom stereocenters. The first-order valence-electron chi connectivity index (χ1n) is 20.4. The van der Waals surface area contributed by atoms with Crippen molar-refractivity contribution in [1.82, 2.24) is 30.6 Å². The molecule has 8 rings (SSSR count). The standard InChI is InChI=1S/2C20H23N7O6.Ca/c2*21-20-24-16-15(18(31)25-20)27-9-26(8-12(27)7-22-16)11-3-1-10(2-4-11)17(30)23-13(19(32)33)5-6-14(28)29;/h2*1-4,12-13H,5-9H2,(H,23,30)(H,28,29)(H,32,33)(H4,21,22,24,25,31);/q;;+2/p-2/t2*12-,13+;/m11./s1.